The Bertz CT molecular complexity index is 1440. The van der Waals surface area contributed by atoms with Crippen molar-refractivity contribution in [3.63, 3.8) is 0 Å². The zero-order valence-electron chi connectivity index (χ0n) is 20.8. The van der Waals surface area contributed by atoms with Crippen LogP contribution >= 0.6 is 15.9 Å². The molecule has 0 spiro atoms. The van der Waals surface area contributed by atoms with E-state index in [1.165, 1.54) is 0 Å². The number of allylic oxidation sites excluding steroid dienone is 2. The molecule has 0 aromatic heterocycles. The van der Waals surface area contributed by atoms with Gasteiger partial charge in [-0.25, -0.2) is 0 Å². The minimum absolute atomic E-state index is 0.271. The summed E-state index contributed by atoms with van der Waals surface area (Å²) in [5.74, 6) is 0. The molecular formula is C34H31BrO2. The number of aliphatic hydroxyl groups is 2. The third-order valence-corrected chi connectivity index (χ3v) is 7.71. The third kappa shape index (κ3) is 4.67. The fourth-order valence-electron chi connectivity index (χ4n) is 5.29. The van der Waals surface area contributed by atoms with Crippen molar-refractivity contribution in [3.05, 3.63) is 154 Å². The smallest absolute Gasteiger partial charge is 0.119 e. The summed E-state index contributed by atoms with van der Waals surface area (Å²) in [6, 6.07) is 19.1. The van der Waals surface area contributed by atoms with Crippen molar-refractivity contribution in [2.75, 3.05) is 0 Å². The van der Waals surface area contributed by atoms with Gasteiger partial charge in [0.15, 0.2) is 0 Å². The summed E-state index contributed by atoms with van der Waals surface area (Å²) in [7, 11) is 0. The lowest BCUT2D eigenvalue weighted by Crippen LogP contribution is -2.36. The number of halogens is 1. The maximum Gasteiger partial charge on any atom is 0.119 e. The maximum absolute atomic E-state index is 12.7. The van der Waals surface area contributed by atoms with Crippen molar-refractivity contribution in [1.29, 1.82) is 0 Å². The van der Waals surface area contributed by atoms with E-state index in [0.717, 1.165) is 26.7 Å². The van der Waals surface area contributed by atoms with E-state index < -0.39 is 11.2 Å². The van der Waals surface area contributed by atoms with Crippen LogP contribution in [-0.4, -0.2) is 10.2 Å². The molecule has 0 radical (unpaired) electrons. The first-order chi connectivity index (χ1) is 17.8. The number of benzene rings is 3. The summed E-state index contributed by atoms with van der Waals surface area (Å²) in [6.45, 7) is 15.9. The standard InChI is InChI=1S/C34H31BrO2/c1-5-24-14-11-19-29(27(24)7-3)33(36)22-13-16-26(35)21-23-34(37,32-18-10-9-17-31(32)33)30-20-12-15-25(6-2)28(30)8-4/h5-21,36-37H,1-4,22-23H2. The van der Waals surface area contributed by atoms with Crippen molar-refractivity contribution in [3.8, 4) is 0 Å². The first-order valence-electron chi connectivity index (χ1n) is 12.2. The molecule has 0 saturated heterocycles. The highest BCUT2D eigenvalue weighted by molar-refractivity contribution is 9.11. The Hall–Kier alpha value is -3.50. The van der Waals surface area contributed by atoms with Gasteiger partial charge >= 0.3 is 0 Å². The minimum atomic E-state index is -1.47. The van der Waals surface area contributed by atoms with Gasteiger partial charge in [0.2, 0.25) is 0 Å². The molecule has 0 fully saturated rings. The molecule has 3 aromatic carbocycles. The first-order valence-corrected chi connectivity index (χ1v) is 13.0. The van der Waals surface area contributed by atoms with Crippen LogP contribution < -0.4 is 0 Å². The Morgan fingerprint density at radius 3 is 1.54 bits per heavy atom. The van der Waals surface area contributed by atoms with E-state index in [4.69, 9.17) is 0 Å². The summed E-state index contributed by atoms with van der Waals surface area (Å²) in [5.41, 5.74) is 3.06. The predicted octanol–water partition coefficient (Wildman–Crippen LogP) is 8.36. The maximum atomic E-state index is 12.7. The normalized spacial score (nSPS) is 21.3. The van der Waals surface area contributed by atoms with Gasteiger partial charge in [0.05, 0.1) is 0 Å². The van der Waals surface area contributed by atoms with Gasteiger partial charge in [-0.05, 0) is 44.5 Å². The van der Waals surface area contributed by atoms with E-state index >= 15 is 0 Å². The average molecular weight is 552 g/mol. The molecule has 2 atom stereocenters. The molecule has 0 saturated carbocycles. The number of hydrogen-bond acceptors (Lipinski definition) is 2. The second-order valence-corrected chi connectivity index (χ2v) is 10.0. The highest BCUT2D eigenvalue weighted by Gasteiger charge is 2.42. The molecule has 3 heteroatoms. The third-order valence-electron chi connectivity index (χ3n) is 7.12. The lowest BCUT2D eigenvalue weighted by Gasteiger charge is -2.38. The Morgan fingerprint density at radius 1 is 0.622 bits per heavy atom. The molecule has 0 amide bonds. The second kappa shape index (κ2) is 10.9. The monoisotopic (exact) mass is 550 g/mol. The molecule has 2 unspecified atom stereocenters. The molecule has 186 valence electrons. The van der Waals surface area contributed by atoms with E-state index in [9.17, 15) is 10.2 Å². The molecule has 0 aliphatic heterocycles. The zero-order valence-corrected chi connectivity index (χ0v) is 22.4. The predicted molar refractivity (Wildman–Crippen MR) is 161 cm³/mol. The summed E-state index contributed by atoms with van der Waals surface area (Å²) in [5, 5.41) is 25.3. The van der Waals surface area contributed by atoms with Gasteiger partial charge in [-0.1, -0.05) is 145 Å². The lowest BCUT2D eigenvalue weighted by molar-refractivity contribution is 0.0580. The largest absolute Gasteiger partial charge is 0.380 e. The van der Waals surface area contributed by atoms with Crippen LogP contribution in [0, 0.1) is 0 Å². The van der Waals surface area contributed by atoms with Crippen LogP contribution in [0.2, 0.25) is 0 Å². The van der Waals surface area contributed by atoms with Gasteiger partial charge in [0.25, 0.3) is 0 Å². The summed E-state index contributed by atoms with van der Waals surface area (Å²) < 4.78 is 0.816. The van der Waals surface area contributed by atoms with Crippen LogP contribution in [0.5, 0.6) is 0 Å². The Balaban J connectivity index is 2.13. The fraction of sp³-hybridized carbons (Fsp3) is 0.118. The second-order valence-electron chi connectivity index (χ2n) is 9.10. The van der Waals surface area contributed by atoms with Crippen LogP contribution in [-0.2, 0) is 11.2 Å². The lowest BCUT2D eigenvalue weighted by atomic mass is 9.71. The Kier molecular flexibility index (Phi) is 7.79. The van der Waals surface area contributed by atoms with Gasteiger partial charge in [0, 0.05) is 17.3 Å². The van der Waals surface area contributed by atoms with Crippen LogP contribution in [0.4, 0.5) is 0 Å². The van der Waals surface area contributed by atoms with Gasteiger partial charge in [-0.3, -0.25) is 0 Å². The number of hydrogen-bond donors (Lipinski definition) is 2. The Labute approximate surface area is 228 Å². The van der Waals surface area contributed by atoms with Crippen LogP contribution in [0.15, 0.2) is 110 Å². The van der Waals surface area contributed by atoms with Gasteiger partial charge in [0.1, 0.15) is 11.2 Å². The van der Waals surface area contributed by atoms with Crippen LogP contribution in [0.25, 0.3) is 24.3 Å². The van der Waals surface area contributed by atoms with E-state index in [1.54, 1.807) is 24.3 Å². The van der Waals surface area contributed by atoms with Crippen LogP contribution in [0.3, 0.4) is 0 Å². The number of fused-ring (bicyclic) bond motifs is 1. The molecule has 0 bridgehead atoms. The molecule has 3 aromatic rings. The first kappa shape index (κ1) is 26.6. The molecular weight excluding hydrogens is 520 g/mol. The van der Waals surface area contributed by atoms with Crippen molar-refractivity contribution < 1.29 is 10.2 Å². The summed E-state index contributed by atoms with van der Waals surface area (Å²) in [6.07, 6.45) is 13.4. The van der Waals surface area contributed by atoms with Gasteiger partial charge in [-0.2, -0.15) is 0 Å². The van der Waals surface area contributed by atoms with Crippen molar-refractivity contribution >= 4 is 40.2 Å². The summed E-state index contributed by atoms with van der Waals surface area (Å²) in [4.78, 5) is 0. The van der Waals surface area contributed by atoms with E-state index in [2.05, 4.69) is 42.2 Å². The molecule has 1 aliphatic rings. The van der Waals surface area contributed by atoms with Crippen molar-refractivity contribution in [2.24, 2.45) is 0 Å². The molecule has 4 rings (SSSR count). The highest BCUT2D eigenvalue weighted by atomic mass is 79.9. The van der Waals surface area contributed by atoms with E-state index in [-0.39, 0.29) is 12.8 Å². The molecule has 0 heterocycles. The fourth-order valence-corrected chi connectivity index (χ4v) is 5.64. The van der Waals surface area contributed by atoms with Crippen molar-refractivity contribution in [1.82, 2.24) is 0 Å². The van der Waals surface area contributed by atoms with Gasteiger partial charge < -0.3 is 10.2 Å². The Morgan fingerprint density at radius 2 is 1.08 bits per heavy atom. The van der Waals surface area contributed by atoms with Gasteiger partial charge in [-0.15, -0.1) is 0 Å². The van der Waals surface area contributed by atoms with E-state index in [0.29, 0.717) is 22.3 Å². The summed E-state index contributed by atoms with van der Waals surface area (Å²) >= 11 is 3.62. The molecule has 1 aliphatic carbocycles. The molecule has 2 N–H and O–H groups in total. The van der Waals surface area contributed by atoms with Crippen molar-refractivity contribution in [2.45, 2.75) is 24.0 Å². The quantitative estimate of drug-likeness (QED) is 0.323. The van der Waals surface area contributed by atoms with Crippen LogP contribution in [0.1, 0.15) is 57.3 Å². The average Bonchev–Trinajstić information content (AvgIpc) is 2.94. The highest BCUT2D eigenvalue weighted by Crippen LogP contribution is 2.46. The minimum Gasteiger partial charge on any atom is -0.380 e. The van der Waals surface area contributed by atoms with E-state index in [1.807, 2.05) is 78.9 Å². The molecule has 2 nitrogen and oxygen atoms in total. The topological polar surface area (TPSA) is 40.5 Å². The SMILES string of the molecule is C=Cc1cccc(C2(O)CC=CC(Br)=CCC(O)(c3cccc(C=C)c3C=C)c3ccccc32)c1C=C. The number of rotatable bonds is 6. The molecule has 37 heavy (non-hydrogen) atoms. The zero-order chi connectivity index (χ0) is 26.6.